The molecule has 37 heavy (non-hydrogen) atoms. The Morgan fingerprint density at radius 2 is 2.03 bits per heavy atom. The Morgan fingerprint density at radius 3 is 2.76 bits per heavy atom. The Labute approximate surface area is 216 Å². The number of nitrogens with one attached hydrogen (secondary N) is 2. The topological polar surface area (TPSA) is 104 Å². The summed E-state index contributed by atoms with van der Waals surface area (Å²) in [4.78, 5) is 25.6. The molecule has 1 aliphatic heterocycles. The van der Waals surface area contributed by atoms with E-state index >= 15 is 0 Å². The van der Waals surface area contributed by atoms with Crippen molar-refractivity contribution in [2.24, 2.45) is 0 Å². The van der Waals surface area contributed by atoms with Crippen molar-refractivity contribution in [1.82, 2.24) is 15.1 Å². The third-order valence-corrected chi connectivity index (χ3v) is 6.89. The van der Waals surface area contributed by atoms with Gasteiger partial charge in [-0.15, -0.1) is 0 Å². The highest BCUT2D eigenvalue weighted by Crippen LogP contribution is 2.35. The van der Waals surface area contributed by atoms with Crippen LogP contribution in [0.15, 0.2) is 42.6 Å². The summed E-state index contributed by atoms with van der Waals surface area (Å²) >= 11 is 0. The lowest BCUT2D eigenvalue weighted by Gasteiger charge is -2.21. The Kier molecular flexibility index (Phi) is 6.45. The monoisotopic (exact) mass is 506 g/mol. The van der Waals surface area contributed by atoms with Gasteiger partial charge in [0.1, 0.15) is 12.7 Å². The number of benzene rings is 2. The second kappa shape index (κ2) is 9.46. The van der Waals surface area contributed by atoms with Crippen molar-refractivity contribution >= 4 is 28.7 Å². The fraction of sp³-hybridized carbons (Fsp3) is 0.464. The van der Waals surface area contributed by atoms with Gasteiger partial charge >= 0.3 is 12.1 Å². The molecule has 3 aromatic rings. The van der Waals surface area contributed by atoms with Crippen LogP contribution in [-0.2, 0) is 26.0 Å². The van der Waals surface area contributed by atoms with E-state index in [9.17, 15) is 9.59 Å². The number of carbonyl (C=O) groups excluding carboxylic acids is 2. The average Bonchev–Trinajstić information content (AvgIpc) is 3.54. The zero-order valence-electron chi connectivity index (χ0n) is 22.0. The van der Waals surface area contributed by atoms with Crippen molar-refractivity contribution in [3.05, 3.63) is 59.3 Å². The van der Waals surface area contributed by atoms with Gasteiger partial charge in [0.2, 0.25) is 0 Å². The maximum atomic E-state index is 12.9. The van der Waals surface area contributed by atoms with E-state index in [2.05, 4.69) is 54.7 Å². The van der Waals surface area contributed by atoms with E-state index in [4.69, 9.17) is 14.2 Å². The number of anilines is 1. The van der Waals surface area contributed by atoms with Crippen LogP contribution in [0.4, 0.5) is 15.3 Å². The van der Waals surface area contributed by atoms with Crippen LogP contribution in [0, 0.1) is 0 Å². The van der Waals surface area contributed by atoms with E-state index in [1.165, 1.54) is 15.8 Å². The molecule has 1 saturated heterocycles. The summed E-state index contributed by atoms with van der Waals surface area (Å²) in [6.45, 7) is 10.7. The second-order valence-electron chi connectivity index (χ2n) is 11.2. The summed E-state index contributed by atoms with van der Waals surface area (Å²) in [5.41, 5.74) is 4.93. The number of hydrogen-bond acceptors (Lipinski definition) is 6. The van der Waals surface area contributed by atoms with Gasteiger partial charge in [0.25, 0.3) is 0 Å². The standard InChI is InChI=1S/C28H34N4O5/c1-27(2,3)18-10-11-20-17(13-18)9-12-23(20)31-25(33)30-22-7-6-8-24-21(22)14-29-32(24)26(34)35-15-19-16-36-28(4,5)37-19/h6-8,10-11,13-14,19,23H,9,12,15-16H2,1-5H3,(H2,30,31,33)/t19?,23-/m1/s1. The molecule has 2 amide bonds. The fourth-order valence-corrected chi connectivity index (χ4v) is 4.93. The number of aryl methyl sites for hydroxylation is 1. The molecule has 2 N–H and O–H groups in total. The molecule has 2 atom stereocenters. The predicted octanol–water partition coefficient (Wildman–Crippen LogP) is 5.28. The molecule has 1 aromatic heterocycles. The van der Waals surface area contributed by atoms with Crippen molar-refractivity contribution in [3.63, 3.8) is 0 Å². The van der Waals surface area contributed by atoms with E-state index in [-0.39, 0.29) is 30.2 Å². The molecular formula is C28H34N4O5. The zero-order valence-corrected chi connectivity index (χ0v) is 22.0. The number of fused-ring (bicyclic) bond motifs is 2. The van der Waals surface area contributed by atoms with Crippen molar-refractivity contribution in [3.8, 4) is 0 Å². The molecule has 1 aliphatic carbocycles. The molecule has 9 nitrogen and oxygen atoms in total. The predicted molar refractivity (Wildman–Crippen MR) is 140 cm³/mol. The number of hydrogen-bond donors (Lipinski definition) is 2. The first-order valence-corrected chi connectivity index (χ1v) is 12.7. The molecular weight excluding hydrogens is 472 g/mol. The van der Waals surface area contributed by atoms with Gasteiger partial charge in [-0.2, -0.15) is 9.78 Å². The normalized spacial score (nSPS) is 20.6. The molecule has 0 saturated carbocycles. The first-order chi connectivity index (χ1) is 17.5. The van der Waals surface area contributed by atoms with Gasteiger partial charge in [0, 0.05) is 5.39 Å². The highest BCUT2D eigenvalue weighted by atomic mass is 16.7. The number of rotatable bonds is 4. The molecule has 0 spiro atoms. The van der Waals surface area contributed by atoms with Crippen LogP contribution in [0.5, 0.6) is 0 Å². The Morgan fingerprint density at radius 1 is 1.22 bits per heavy atom. The molecule has 1 fully saturated rings. The van der Waals surface area contributed by atoms with Crippen LogP contribution < -0.4 is 10.6 Å². The van der Waals surface area contributed by atoms with Crippen molar-refractivity contribution < 1.29 is 23.8 Å². The quantitative estimate of drug-likeness (QED) is 0.499. The van der Waals surface area contributed by atoms with Crippen LogP contribution in [0.3, 0.4) is 0 Å². The highest BCUT2D eigenvalue weighted by Gasteiger charge is 2.33. The van der Waals surface area contributed by atoms with E-state index < -0.39 is 11.9 Å². The Hall–Kier alpha value is -3.43. The van der Waals surface area contributed by atoms with E-state index in [1.54, 1.807) is 24.4 Å². The van der Waals surface area contributed by atoms with Crippen LogP contribution in [0.2, 0.25) is 0 Å². The number of amides is 2. The van der Waals surface area contributed by atoms with Crippen LogP contribution >= 0.6 is 0 Å². The van der Waals surface area contributed by atoms with E-state index in [0.717, 1.165) is 18.4 Å². The van der Waals surface area contributed by atoms with Crippen molar-refractivity contribution in [2.75, 3.05) is 18.5 Å². The van der Waals surface area contributed by atoms with Gasteiger partial charge in [-0.25, -0.2) is 9.59 Å². The lowest BCUT2D eigenvalue weighted by molar-refractivity contribution is -0.142. The largest absolute Gasteiger partial charge is 0.445 e. The molecule has 5 rings (SSSR count). The molecule has 2 aromatic carbocycles. The zero-order chi connectivity index (χ0) is 26.4. The smallest absolute Gasteiger partial charge is 0.435 e. The Bertz CT molecular complexity index is 1340. The van der Waals surface area contributed by atoms with Gasteiger partial charge in [-0.3, -0.25) is 0 Å². The van der Waals surface area contributed by atoms with Gasteiger partial charge in [0.05, 0.1) is 30.0 Å². The number of aromatic nitrogens is 2. The summed E-state index contributed by atoms with van der Waals surface area (Å²) in [6.07, 6.45) is 2.38. The first-order valence-electron chi connectivity index (χ1n) is 12.7. The average molecular weight is 507 g/mol. The molecule has 2 heterocycles. The third kappa shape index (κ3) is 5.33. The summed E-state index contributed by atoms with van der Waals surface area (Å²) in [5, 5.41) is 10.9. The van der Waals surface area contributed by atoms with Crippen molar-refractivity contribution in [2.45, 2.75) is 70.8 Å². The lowest BCUT2D eigenvalue weighted by atomic mass is 9.85. The number of nitrogens with zero attached hydrogens (tertiary/aromatic N) is 2. The summed E-state index contributed by atoms with van der Waals surface area (Å²) in [6, 6.07) is 11.5. The highest BCUT2D eigenvalue weighted by molar-refractivity contribution is 6.02. The van der Waals surface area contributed by atoms with Gasteiger partial charge in [0.15, 0.2) is 5.79 Å². The molecule has 9 heteroatoms. The number of urea groups is 1. The van der Waals surface area contributed by atoms with Crippen molar-refractivity contribution in [1.29, 1.82) is 0 Å². The summed E-state index contributed by atoms with van der Waals surface area (Å²) < 4.78 is 17.8. The summed E-state index contributed by atoms with van der Waals surface area (Å²) in [5.74, 6) is -0.688. The molecule has 0 radical (unpaired) electrons. The molecule has 1 unspecified atom stereocenters. The van der Waals surface area contributed by atoms with Gasteiger partial charge < -0.3 is 24.8 Å². The molecule has 0 bridgehead atoms. The van der Waals surface area contributed by atoms with Gasteiger partial charge in [-0.05, 0) is 60.9 Å². The minimum absolute atomic E-state index is 0.0484. The van der Waals surface area contributed by atoms with E-state index in [1.807, 2.05) is 13.8 Å². The number of ether oxygens (including phenoxy) is 3. The minimum atomic E-state index is -0.688. The maximum absolute atomic E-state index is 12.9. The number of carbonyl (C=O) groups is 2. The molecule has 196 valence electrons. The molecule has 2 aliphatic rings. The first kappa shape index (κ1) is 25.2. The second-order valence-corrected chi connectivity index (χ2v) is 11.2. The lowest BCUT2D eigenvalue weighted by Crippen LogP contribution is -2.31. The minimum Gasteiger partial charge on any atom is -0.445 e. The third-order valence-electron chi connectivity index (χ3n) is 6.89. The fourth-order valence-electron chi connectivity index (χ4n) is 4.93. The van der Waals surface area contributed by atoms with Crippen LogP contribution in [0.25, 0.3) is 10.9 Å². The maximum Gasteiger partial charge on any atom is 0.435 e. The van der Waals surface area contributed by atoms with Crippen LogP contribution in [-0.4, -0.2) is 47.0 Å². The van der Waals surface area contributed by atoms with Crippen LogP contribution in [0.1, 0.15) is 63.8 Å². The van der Waals surface area contributed by atoms with E-state index in [0.29, 0.717) is 23.2 Å². The SMILES string of the molecule is CC1(C)OCC(COC(=O)n2ncc3c(NC(=O)N[C@@H]4CCc5cc(C(C)(C)C)ccc54)cccc32)O1. The summed E-state index contributed by atoms with van der Waals surface area (Å²) in [7, 11) is 0. The Balaban J connectivity index is 1.24. The van der Waals surface area contributed by atoms with Gasteiger partial charge in [-0.1, -0.05) is 45.0 Å².